The molecule has 4 N–H and O–H groups in total. The summed E-state index contributed by atoms with van der Waals surface area (Å²) in [5.74, 6) is 1.26. The van der Waals surface area contributed by atoms with Gasteiger partial charge in [0.05, 0.1) is 13.0 Å². The maximum Gasteiger partial charge on any atom is 0.310 e. The SMILES string of the molecule is C=C/C=C(\C=C/C)c1nc(C[NH+]2CCC(CC)[C@@H](OC(=O)Cc3ccccc3)C2)no1.CCl.CNC(=O)c1cccc(N)c1. The Morgan fingerprint density at radius 1 is 1.20 bits per heavy atom. The van der Waals surface area contributed by atoms with Gasteiger partial charge in [-0.05, 0) is 37.1 Å². The molecule has 2 aromatic carbocycles. The summed E-state index contributed by atoms with van der Waals surface area (Å²) in [6, 6.07) is 16.6. The number of nitrogens with one attached hydrogen (secondary N) is 2. The van der Waals surface area contributed by atoms with Gasteiger partial charge in [0, 0.05) is 42.6 Å². The maximum absolute atomic E-state index is 12.5. The van der Waals surface area contributed by atoms with Crippen LogP contribution in [0.25, 0.3) is 5.57 Å². The molecular formula is C34H45ClN5O4+. The molecule has 3 aromatic rings. The normalized spacial score (nSPS) is 17.8. The molecule has 3 atom stereocenters. The van der Waals surface area contributed by atoms with E-state index in [1.807, 2.05) is 55.5 Å². The second-order valence-corrected chi connectivity index (χ2v) is 10.1. The number of anilines is 1. The fraction of sp³-hybridized carbons (Fsp3) is 0.353. The van der Waals surface area contributed by atoms with E-state index in [1.165, 1.54) is 11.3 Å². The highest BCUT2D eigenvalue weighted by atomic mass is 35.5. The van der Waals surface area contributed by atoms with Crippen molar-refractivity contribution in [1.29, 1.82) is 0 Å². The standard InChI is InChI=1S/C25H31N3O3.C8H10N2O.CH3Cl/c1-4-10-21(11-5-2)25-26-23(27-31-25)18-28-15-14-20(6-3)22(17-28)30-24(29)16-19-12-8-7-9-13-19;1-10-8(11)6-3-2-4-7(9)5-6;1-2/h4-5,7-13,20,22H,1,6,14-18H2,2-3H3;2-5H,9H2,1H3,(H,10,11);1H3/p+1/b11-5-,21-10+;;/t20?,22-;;/m0../s1. The summed E-state index contributed by atoms with van der Waals surface area (Å²) in [6.45, 7) is 10.2. The predicted octanol–water partition coefficient (Wildman–Crippen LogP) is 4.67. The van der Waals surface area contributed by atoms with Crippen LogP contribution < -0.4 is 16.0 Å². The molecular weight excluding hydrogens is 578 g/mol. The van der Waals surface area contributed by atoms with E-state index in [0.717, 1.165) is 37.1 Å². The molecule has 44 heavy (non-hydrogen) atoms. The lowest BCUT2D eigenvalue weighted by atomic mass is 9.91. The van der Waals surface area contributed by atoms with Crippen LogP contribution in [0.15, 0.2) is 90.0 Å². The van der Waals surface area contributed by atoms with Crippen molar-refractivity contribution in [2.24, 2.45) is 5.92 Å². The number of quaternary nitrogens is 1. The molecule has 1 aromatic heterocycles. The zero-order valence-corrected chi connectivity index (χ0v) is 26.8. The first-order valence-electron chi connectivity index (χ1n) is 14.7. The lowest BCUT2D eigenvalue weighted by Crippen LogP contribution is -3.13. The molecule has 10 heteroatoms. The van der Waals surface area contributed by atoms with Gasteiger partial charge in [-0.3, -0.25) is 9.59 Å². The van der Waals surface area contributed by atoms with Crippen LogP contribution in [0.5, 0.6) is 0 Å². The summed E-state index contributed by atoms with van der Waals surface area (Å²) in [6.07, 6.45) is 11.1. The van der Waals surface area contributed by atoms with Crippen molar-refractivity contribution in [2.45, 2.75) is 45.8 Å². The number of esters is 1. The lowest BCUT2D eigenvalue weighted by molar-refractivity contribution is -0.923. The van der Waals surface area contributed by atoms with Gasteiger partial charge in [0.15, 0.2) is 6.10 Å². The summed E-state index contributed by atoms with van der Waals surface area (Å²) in [5.41, 5.74) is 8.48. The Balaban J connectivity index is 0.000000434. The third-order valence-corrected chi connectivity index (χ3v) is 7.03. The summed E-state index contributed by atoms with van der Waals surface area (Å²) in [4.78, 5) is 29.4. The highest BCUT2D eigenvalue weighted by Gasteiger charge is 2.34. The van der Waals surface area contributed by atoms with Gasteiger partial charge in [-0.2, -0.15) is 4.98 Å². The number of benzene rings is 2. The third kappa shape index (κ3) is 11.8. The fourth-order valence-corrected chi connectivity index (χ4v) is 4.86. The van der Waals surface area contributed by atoms with Crippen molar-refractivity contribution >= 4 is 34.7 Å². The number of hydrogen-bond donors (Lipinski definition) is 3. The first-order valence-corrected chi connectivity index (χ1v) is 15.4. The monoisotopic (exact) mass is 622 g/mol. The van der Waals surface area contributed by atoms with Gasteiger partial charge < -0.3 is 25.2 Å². The average Bonchev–Trinajstić information content (AvgIpc) is 3.50. The van der Waals surface area contributed by atoms with Gasteiger partial charge >= 0.3 is 5.97 Å². The van der Waals surface area contributed by atoms with Gasteiger partial charge in [0.1, 0.15) is 13.1 Å². The minimum Gasteiger partial charge on any atom is -0.456 e. The highest BCUT2D eigenvalue weighted by molar-refractivity contribution is 6.15. The summed E-state index contributed by atoms with van der Waals surface area (Å²) in [5, 5.41) is 6.67. The second-order valence-electron chi connectivity index (χ2n) is 10.1. The predicted molar refractivity (Wildman–Crippen MR) is 176 cm³/mol. The molecule has 9 nitrogen and oxygen atoms in total. The Labute approximate surface area is 265 Å². The Morgan fingerprint density at radius 3 is 2.59 bits per heavy atom. The number of nitrogens with zero attached hydrogens (tertiary/aromatic N) is 2. The van der Waals surface area contributed by atoms with E-state index >= 15 is 0 Å². The van der Waals surface area contributed by atoms with Gasteiger partial charge in [-0.15, -0.1) is 11.6 Å². The van der Waals surface area contributed by atoms with Gasteiger partial charge in [-0.25, -0.2) is 0 Å². The van der Waals surface area contributed by atoms with E-state index in [0.29, 0.717) is 41.8 Å². The van der Waals surface area contributed by atoms with E-state index in [2.05, 4.69) is 40.6 Å². The molecule has 2 unspecified atom stereocenters. The number of piperidine rings is 1. The molecule has 2 heterocycles. The molecule has 0 bridgehead atoms. The Morgan fingerprint density at radius 2 is 1.95 bits per heavy atom. The maximum atomic E-state index is 12.5. The van der Waals surface area contributed by atoms with Crippen LogP contribution in [-0.4, -0.2) is 54.6 Å². The molecule has 1 aliphatic rings. The number of ether oxygens (including phenoxy) is 1. The van der Waals surface area contributed by atoms with Crippen molar-refractivity contribution in [3.63, 3.8) is 0 Å². The largest absolute Gasteiger partial charge is 0.456 e. The quantitative estimate of drug-likeness (QED) is 0.130. The van der Waals surface area contributed by atoms with Crippen LogP contribution in [0.3, 0.4) is 0 Å². The molecule has 0 saturated carbocycles. The van der Waals surface area contributed by atoms with Gasteiger partial charge in [0.25, 0.3) is 11.8 Å². The minimum atomic E-state index is -0.164. The molecule has 236 valence electrons. The number of aromatic nitrogens is 2. The van der Waals surface area contributed by atoms with Crippen molar-refractivity contribution < 1.29 is 23.7 Å². The number of amides is 1. The van der Waals surface area contributed by atoms with E-state index in [1.54, 1.807) is 37.4 Å². The number of allylic oxidation sites excluding steroid dienone is 5. The topological polar surface area (TPSA) is 125 Å². The van der Waals surface area contributed by atoms with Gasteiger partial charge in [0.2, 0.25) is 5.82 Å². The number of nitrogen functional groups attached to an aromatic ring is 1. The number of alkyl halides is 1. The number of rotatable bonds is 10. The fourth-order valence-electron chi connectivity index (χ4n) is 4.86. The third-order valence-electron chi connectivity index (χ3n) is 7.03. The number of halogens is 1. The lowest BCUT2D eigenvalue weighted by Gasteiger charge is -2.34. The molecule has 0 spiro atoms. The van der Waals surface area contributed by atoms with Crippen LogP contribution in [0, 0.1) is 5.92 Å². The average molecular weight is 623 g/mol. The smallest absolute Gasteiger partial charge is 0.310 e. The van der Waals surface area contributed by atoms with Crippen molar-refractivity contribution in [3.05, 3.63) is 108 Å². The second kappa shape index (κ2) is 19.9. The zero-order chi connectivity index (χ0) is 32.3. The van der Waals surface area contributed by atoms with Crippen molar-refractivity contribution in [3.8, 4) is 0 Å². The molecule has 4 rings (SSSR count). The van der Waals surface area contributed by atoms with E-state index in [9.17, 15) is 9.59 Å². The summed E-state index contributed by atoms with van der Waals surface area (Å²) >= 11 is 4.64. The summed E-state index contributed by atoms with van der Waals surface area (Å²) in [7, 11) is 1.59. The Kier molecular flexibility index (Phi) is 16.3. The Hall–Kier alpha value is -4.21. The number of nitrogens with two attached hydrogens (primary N) is 1. The number of carbonyl (C=O) groups excluding carboxylic acids is 2. The first-order chi connectivity index (χ1) is 21.4. The van der Waals surface area contributed by atoms with Gasteiger partial charge in [-0.1, -0.05) is 79.4 Å². The number of hydrogen-bond acceptors (Lipinski definition) is 7. The molecule has 1 aliphatic heterocycles. The molecule has 1 amide bonds. The van der Waals surface area contributed by atoms with E-state index < -0.39 is 0 Å². The van der Waals surface area contributed by atoms with E-state index in [4.69, 9.17) is 15.0 Å². The minimum absolute atomic E-state index is 0.0874. The number of carbonyl (C=O) groups is 2. The van der Waals surface area contributed by atoms with Crippen LogP contribution in [-0.2, 0) is 22.5 Å². The van der Waals surface area contributed by atoms with Crippen LogP contribution >= 0.6 is 11.6 Å². The summed E-state index contributed by atoms with van der Waals surface area (Å²) < 4.78 is 11.4. The Bertz CT molecular complexity index is 1370. The first kappa shape index (κ1) is 36.0. The van der Waals surface area contributed by atoms with Crippen LogP contribution in [0.2, 0.25) is 0 Å². The van der Waals surface area contributed by atoms with E-state index in [-0.39, 0.29) is 18.0 Å². The number of likely N-dealkylation sites (tertiary alicyclic amines) is 1. The molecule has 1 fully saturated rings. The highest BCUT2D eigenvalue weighted by Crippen LogP contribution is 2.19. The molecule has 0 aliphatic carbocycles. The van der Waals surface area contributed by atoms with Crippen LogP contribution in [0.1, 0.15) is 54.3 Å². The molecule has 1 saturated heterocycles. The van der Waals surface area contributed by atoms with Crippen LogP contribution in [0.4, 0.5) is 5.69 Å². The molecule has 0 radical (unpaired) electrons. The zero-order valence-electron chi connectivity index (χ0n) is 26.1. The van der Waals surface area contributed by atoms with Crippen molar-refractivity contribution in [1.82, 2.24) is 15.5 Å². The van der Waals surface area contributed by atoms with Crippen molar-refractivity contribution in [2.75, 3.05) is 32.3 Å².